The first-order valence-electron chi connectivity index (χ1n) is 14.7. The van der Waals surface area contributed by atoms with Crippen molar-refractivity contribution >= 4 is 17.5 Å². The number of para-hydroxylation sites is 1. The van der Waals surface area contributed by atoms with Crippen LogP contribution >= 0.6 is 0 Å². The van der Waals surface area contributed by atoms with Crippen molar-refractivity contribution < 1.29 is 23.8 Å². The van der Waals surface area contributed by atoms with Gasteiger partial charge >= 0.3 is 0 Å². The van der Waals surface area contributed by atoms with Crippen LogP contribution in [0.25, 0.3) is 0 Å². The third-order valence-corrected chi connectivity index (χ3v) is 8.24. The fourth-order valence-corrected chi connectivity index (χ4v) is 5.51. The fourth-order valence-electron chi connectivity index (χ4n) is 5.51. The van der Waals surface area contributed by atoms with E-state index >= 15 is 0 Å². The van der Waals surface area contributed by atoms with E-state index in [-0.39, 0.29) is 24.4 Å². The van der Waals surface area contributed by atoms with Crippen molar-refractivity contribution in [1.82, 2.24) is 14.8 Å². The van der Waals surface area contributed by atoms with Gasteiger partial charge in [-0.05, 0) is 66.9 Å². The first-order chi connectivity index (χ1) is 20.9. The fraction of sp³-hybridized carbons (Fsp3) is 0.382. The highest BCUT2D eigenvalue weighted by molar-refractivity contribution is 6.04. The summed E-state index contributed by atoms with van der Waals surface area (Å²) in [5.74, 6) is 0.895. The quantitative estimate of drug-likeness (QED) is 0.350. The standard InChI is InChI=1S/C34H40N4O5/c1-24-9-10-27(21-25(24)2)30-22-31(29-7-5-6-8-32(29)42-4)38(35-30)33(39)23-37(16-15-36-17-19-43-20-18-36)34(40)26-11-13-28(41-3)14-12-26/h5-14,21,31H,15-20,22-23H2,1-4H3/t31-/m1/s1. The number of carbonyl (C=O) groups is 2. The van der Waals surface area contributed by atoms with E-state index in [0.29, 0.717) is 49.8 Å². The van der Waals surface area contributed by atoms with E-state index in [9.17, 15) is 9.59 Å². The third-order valence-electron chi connectivity index (χ3n) is 8.24. The highest BCUT2D eigenvalue weighted by Crippen LogP contribution is 2.37. The van der Waals surface area contributed by atoms with Crippen molar-refractivity contribution in [2.45, 2.75) is 26.3 Å². The molecule has 0 aliphatic carbocycles. The summed E-state index contributed by atoms with van der Waals surface area (Å²) in [4.78, 5) is 31.8. The molecule has 2 amide bonds. The molecule has 1 saturated heterocycles. The van der Waals surface area contributed by atoms with Crippen molar-refractivity contribution in [2.75, 3.05) is 60.2 Å². The molecule has 1 atom stereocenters. The van der Waals surface area contributed by atoms with Gasteiger partial charge in [-0.3, -0.25) is 14.5 Å². The van der Waals surface area contributed by atoms with Crippen LogP contribution in [0.5, 0.6) is 11.5 Å². The average molecular weight is 585 g/mol. The largest absolute Gasteiger partial charge is 0.497 e. The molecule has 3 aromatic rings. The van der Waals surface area contributed by atoms with Crippen molar-refractivity contribution in [1.29, 1.82) is 0 Å². The monoisotopic (exact) mass is 584 g/mol. The van der Waals surface area contributed by atoms with Gasteiger partial charge in [-0.1, -0.05) is 30.3 Å². The van der Waals surface area contributed by atoms with Gasteiger partial charge in [0.05, 0.1) is 39.2 Å². The molecule has 2 aliphatic rings. The topological polar surface area (TPSA) is 83.9 Å². The van der Waals surface area contributed by atoms with Crippen molar-refractivity contribution in [2.24, 2.45) is 5.10 Å². The SMILES string of the molecule is COc1ccc(C(=O)N(CCN2CCOCC2)CC(=O)N2N=C(c3ccc(C)c(C)c3)C[C@@H]2c2ccccc2OC)cc1. The third kappa shape index (κ3) is 7.06. The second kappa shape index (κ2) is 13.8. The Labute approximate surface area is 253 Å². The Morgan fingerprint density at radius 2 is 1.70 bits per heavy atom. The lowest BCUT2D eigenvalue weighted by molar-refractivity contribution is -0.133. The number of hydrogen-bond donors (Lipinski definition) is 0. The lowest BCUT2D eigenvalue weighted by atomic mass is 9.96. The van der Waals surface area contributed by atoms with E-state index in [1.54, 1.807) is 48.4 Å². The maximum Gasteiger partial charge on any atom is 0.262 e. The molecule has 2 heterocycles. The van der Waals surface area contributed by atoms with E-state index in [2.05, 4.69) is 36.9 Å². The van der Waals surface area contributed by atoms with Crippen LogP contribution in [0.15, 0.2) is 71.8 Å². The van der Waals surface area contributed by atoms with E-state index in [0.717, 1.165) is 35.5 Å². The Bertz CT molecular complexity index is 1470. The summed E-state index contributed by atoms with van der Waals surface area (Å²) in [6, 6.07) is 20.6. The molecule has 9 heteroatoms. The zero-order chi connectivity index (χ0) is 30.3. The van der Waals surface area contributed by atoms with E-state index < -0.39 is 0 Å². The maximum atomic E-state index is 14.2. The molecule has 0 radical (unpaired) electrons. The molecule has 3 aromatic carbocycles. The predicted octanol–water partition coefficient (Wildman–Crippen LogP) is 4.47. The van der Waals surface area contributed by atoms with Crippen LogP contribution in [0.3, 0.4) is 0 Å². The summed E-state index contributed by atoms with van der Waals surface area (Å²) >= 11 is 0. The van der Waals surface area contributed by atoms with E-state index in [1.807, 2.05) is 24.3 Å². The second-order valence-corrected chi connectivity index (χ2v) is 11.0. The zero-order valence-corrected chi connectivity index (χ0v) is 25.4. The smallest absolute Gasteiger partial charge is 0.262 e. The van der Waals surface area contributed by atoms with E-state index in [4.69, 9.17) is 19.3 Å². The van der Waals surface area contributed by atoms with Gasteiger partial charge in [0.2, 0.25) is 0 Å². The van der Waals surface area contributed by atoms with Gasteiger partial charge in [0.15, 0.2) is 0 Å². The number of nitrogens with zero attached hydrogens (tertiary/aromatic N) is 4. The molecule has 43 heavy (non-hydrogen) atoms. The zero-order valence-electron chi connectivity index (χ0n) is 25.4. The first-order valence-corrected chi connectivity index (χ1v) is 14.7. The average Bonchev–Trinajstić information content (AvgIpc) is 3.50. The van der Waals surface area contributed by atoms with Gasteiger partial charge in [-0.2, -0.15) is 5.10 Å². The first kappa shape index (κ1) is 30.3. The Kier molecular flexibility index (Phi) is 9.74. The van der Waals surface area contributed by atoms with Crippen LogP contribution in [-0.2, 0) is 9.53 Å². The highest BCUT2D eigenvalue weighted by Gasteiger charge is 2.36. The van der Waals surface area contributed by atoms with Gasteiger partial charge in [0, 0.05) is 43.7 Å². The minimum atomic E-state index is -0.363. The summed E-state index contributed by atoms with van der Waals surface area (Å²) in [5, 5.41) is 6.43. The molecule has 9 nitrogen and oxygen atoms in total. The van der Waals surface area contributed by atoms with Crippen LogP contribution in [0, 0.1) is 13.8 Å². The van der Waals surface area contributed by atoms with Crippen molar-refractivity contribution in [3.8, 4) is 11.5 Å². The van der Waals surface area contributed by atoms with Crippen LogP contribution in [0.2, 0.25) is 0 Å². The molecule has 2 aliphatic heterocycles. The molecule has 0 saturated carbocycles. The molecular weight excluding hydrogens is 544 g/mol. The number of morpholine rings is 1. The predicted molar refractivity (Wildman–Crippen MR) is 166 cm³/mol. The van der Waals surface area contributed by atoms with Gasteiger partial charge in [-0.25, -0.2) is 5.01 Å². The van der Waals surface area contributed by atoms with Crippen LogP contribution in [0.4, 0.5) is 0 Å². The number of methoxy groups -OCH3 is 2. The number of rotatable bonds is 10. The minimum Gasteiger partial charge on any atom is -0.497 e. The summed E-state index contributed by atoms with van der Waals surface area (Å²) < 4.78 is 16.4. The number of aryl methyl sites for hydroxylation is 2. The Hall–Kier alpha value is -4.21. The minimum absolute atomic E-state index is 0.107. The number of hydrogen-bond acceptors (Lipinski definition) is 7. The summed E-state index contributed by atoms with van der Waals surface area (Å²) in [6.07, 6.45) is 0.537. The number of benzene rings is 3. The number of ether oxygens (including phenoxy) is 3. The second-order valence-electron chi connectivity index (χ2n) is 11.0. The lowest BCUT2D eigenvalue weighted by Gasteiger charge is -2.31. The Balaban J connectivity index is 1.44. The van der Waals surface area contributed by atoms with Gasteiger partial charge in [0.1, 0.15) is 18.0 Å². The Morgan fingerprint density at radius 1 is 0.953 bits per heavy atom. The molecule has 1 fully saturated rings. The summed E-state index contributed by atoms with van der Waals surface area (Å²) in [5.41, 5.74) is 5.55. The van der Waals surface area contributed by atoms with Gasteiger partial charge in [-0.15, -0.1) is 0 Å². The summed E-state index contributed by atoms with van der Waals surface area (Å²) in [7, 11) is 3.22. The number of carbonyl (C=O) groups excluding carboxylic acids is 2. The van der Waals surface area contributed by atoms with Crippen LogP contribution in [0.1, 0.15) is 45.1 Å². The molecule has 0 unspecified atom stereocenters. The maximum absolute atomic E-state index is 14.2. The molecule has 0 N–H and O–H groups in total. The summed E-state index contributed by atoms with van der Waals surface area (Å²) in [6.45, 7) is 8.01. The Morgan fingerprint density at radius 3 is 2.40 bits per heavy atom. The van der Waals surface area contributed by atoms with Crippen LogP contribution in [-0.4, -0.2) is 92.5 Å². The van der Waals surface area contributed by atoms with E-state index in [1.165, 1.54) is 5.56 Å². The van der Waals surface area contributed by atoms with Crippen molar-refractivity contribution in [3.05, 3.63) is 94.5 Å². The molecular formula is C34H40N4O5. The number of amides is 2. The normalized spacial score (nSPS) is 17.0. The van der Waals surface area contributed by atoms with Crippen molar-refractivity contribution in [3.63, 3.8) is 0 Å². The molecule has 0 aromatic heterocycles. The number of hydrazone groups is 1. The van der Waals surface area contributed by atoms with Crippen LogP contribution < -0.4 is 9.47 Å². The molecule has 5 rings (SSSR count). The molecule has 0 bridgehead atoms. The highest BCUT2D eigenvalue weighted by atomic mass is 16.5. The molecule has 0 spiro atoms. The molecule has 226 valence electrons. The van der Waals surface area contributed by atoms with Gasteiger partial charge in [0.25, 0.3) is 11.8 Å². The lowest BCUT2D eigenvalue weighted by Crippen LogP contribution is -2.46. The van der Waals surface area contributed by atoms with Gasteiger partial charge < -0.3 is 19.1 Å².